The van der Waals surface area contributed by atoms with Crippen LogP contribution in [0.15, 0.2) is 30.5 Å². The van der Waals surface area contributed by atoms with E-state index in [2.05, 4.69) is 15.6 Å². The smallest absolute Gasteiger partial charge is 0.417 e. The van der Waals surface area contributed by atoms with Crippen molar-refractivity contribution < 1.29 is 46.1 Å². The lowest BCUT2D eigenvalue weighted by Gasteiger charge is -2.34. The van der Waals surface area contributed by atoms with Crippen LogP contribution in [0.5, 0.6) is 5.75 Å². The number of amides is 2. The van der Waals surface area contributed by atoms with Crippen molar-refractivity contribution in [1.29, 1.82) is 0 Å². The van der Waals surface area contributed by atoms with E-state index in [4.69, 9.17) is 9.47 Å². The predicted molar refractivity (Wildman–Crippen MR) is 124 cm³/mol. The Labute approximate surface area is 214 Å². The van der Waals surface area contributed by atoms with E-state index in [0.29, 0.717) is 0 Å². The van der Waals surface area contributed by atoms with Gasteiger partial charge in [-0.15, -0.1) is 0 Å². The van der Waals surface area contributed by atoms with E-state index in [0.717, 1.165) is 19.1 Å². The van der Waals surface area contributed by atoms with Gasteiger partial charge in [-0.05, 0) is 25.1 Å². The molecule has 2 aromatic rings. The van der Waals surface area contributed by atoms with Gasteiger partial charge in [-0.25, -0.2) is 4.39 Å². The number of rotatable bonds is 6. The first-order chi connectivity index (χ1) is 17.8. The van der Waals surface area contributed by atoms with E-state index in [1.165, 1.54) is 32.3 Å². The van der Waals surface area contributed by atoms with Crippen molar-refractivity contribution in [3.8, 4) is 5.75 Å². The van der Waals surface area contributed by atoms with Crippen LogP contribution in [0.3, 0.4) is 0 Å². The molecule has 1 saturated carbocycles. The molecule has 0 unspecified atom stereocenters. The zero-order valence-corrected chi connectivity index (χ0v) is 20.6. The van der Waals surface area contributed by atoms with E-state index in [1.807, 2.05) is 0 Å². The summed E-state index contributed by atoms with van der Waals surface area (Å²) in [5.41, 5.74) is -2.99. The molecule has 0 bridgehead atoms. The fraction of sp³-hybridized carbons (Fsp3) is 0.480. The third-order valence-corrected chi connectivity index (χ3v) is 7.21. The highest BCUT2D eigenvalue weighted by Crippen LogP contribution is 2.55. The summed E-state index contributed by atoms with van der Waals surface area (Å²) < 4.78 is 82.6. The summed E-state index contributed by atoms with van der Waals surface area (Å²) in [5, 5.41) is 14.3. The molecule has 4 rings (SSSR count). The third kappa shape index (κ3) is 4.92. The number of ether oxygens (including phenoxy) is 2. The van der Waals surface area contributed by atoms with Gasteiger partial charge in [-0.3, -0.25) is 14.6 Å². The van der Waals surface area contributed by atoms with Gasteiger partial charge in [0, 0.05) is 49.2 Å². The van der Waals surface area contributed by atoms with Crippen molar-refractivity contribution in [3.63, 3.8) is 0 Å². The predicted octanol–water partition coefficient (Wildman–Crippen LogP) is 3.70. The molecule has 2 aliphatic rings. The SMILES string of the molecule is CNC(=O)c1cc(NC(=O)[C@@H]2O[C@@](C)(C(F)(F)F)[C@@H](C)[C@H]2c2ccc(F)c(F)c2O[C@H]2C[C@@H](O)C2)ccn1. The molecule has 1 aromatic carbocycles. The van der Waals surface area contributed by atoms with E-state index in [9.17, 15) is 36.6 Å². The highest BCUT2D eigenvalue weighted by atomic mass is 19.4. The lowest BCUT2D eigenvalue weighted by atomic mass is 9.76. The second-order valence-electron chi connectivity index (χ2n) is 9.60. The second kappa shape index (κ2) is 10.1. The number of hydrogen-bond acceptors (Lipinski definition) is 6. The van der Waals surface area contributed by atoms with Gasteiger partial charge in [0.15, 0.2) is 17.2 Å². The maximum Gasteiger partial charge on any atom is 0.417 e. The van der Waals surface area contributed by atoms with Crippen LogP contribution in [0, 0.1) is 17.6 Å². The molecule has 206 valence electrons. The van der Waals surface area contributed by atoms with Crippen LogP contribution in [-0.4, -0.2) is 59.0 Å². The zero-order chi connectivity index (χ0) is 28.0. The number of aromatic nitrogens is 1. The third-order valence-electron chi connectivity index (χ3n) is 7.21. The molecule has 1 saturated heterocycles. The monoisotopic (exact) mass is 543 g/mol. The summed E-state index contributed by atoms with van der Waals surface area (Å²) in [6.45, 7) is 2.00. The number of aliphatic hydroxyl groups excluding tert-OH is 1. The molecule has 13 heteroatoms. The number of aliphatic hydroxyl groups is 1. The molecule has 0 spiro atoms. The Morgan fingerprint density at radius 3 is 2.50 bits per heavy atom. The van der Waals surface area contributed by atoms with Crippen molar-refractivity contribution in [1.82, 2.24) is 10.3 Å². The Balaban J connectivity index is 1.74. The van der Waals surface area contributed by atoms with Crippen LogP contribution in [0.25, 0.3) is 0 Å². The fourth-order valence-electron chi connectivity index (χ4n) is 4.73. The van der Waals surface area contributed by atoms with Crippen molar-refractivity contribution in [2.24, 2.45) is 5.92 Å². The highest BCUT2D eigenvalue weighted by molar-refractivity contribution is 5.97. The number of anilines is 1. The van der Waals surface area contributed by atoms with Gasteiger partial charge in [-0.1, -0.05) is 13.0 Å². The largest absolute Gasteiger partial charge is 0.487 e. The molecule has 1 aliphatic carbocycles. The first-order valence-corrected chi connectivity index (χ1v) is 11.8. The molecular weight excluding hydrogens is 517 g/mol. The van der Waals surface area contributed by atoms with Gasteiger partial charge >= 0.3 is 6.18 Å². The number of benzene rings is 1. The van der Waals surface area contributed by atoms with Crippen LogP contribution < -0.4 is 15.4 Å². The number of nitrogens with zero attached hydrogens (tertiary/aromatic N) is 1. The molecule has 4 atom stereocenters. The molecule has 2 heterocycles. The van der Waals surface area contributed by atoms with Crippen LogP contribution in [0.4, 0.5) is 27.6 Å². The van der Waals surface area contributed by atoms with Crippen LogP contribution in [-0.2, 0) is 9.53 Å². The van der Waals surface area contributed by atoms with Crippen molar-refractivity contribution in [2.75, 3.05) is 12.4 Å². The number of carbonyl (C=O) groups excluding carboxylic acids is 2. The number of carbonyl (C=O) groups is 2. The second-order valence-corrected chi connectivity index (χ2v) is 9.60. The van der Waals surface area contributed by atoms with Crippen molar-refractivity contribution in [3.05, 3.63) is 53.4 Å². The lowest BCUT2D eigenvalue weighted by molar-refractivity contribution is -0.272. The molecule has 8 nitrogen and oxygen atoms in total. The Kier molecular flexibility index (Phi) is 7.36. The van der Waals surface area contributed by atoms with Crippen molar-refractivity contribution >= 4 is 17.5 Å². The number of alkyl halides is 3. The number of halogens is 5. The Bertz CT molecular complexity index is 1240. The molecule has 2 fully saturated rings. The van der Waals surface area contributed by atoms with E-state index < -0.39 is 71.1 Å². The Morgan fingerprint density at radius 2 is 1.89 bits per heavy atom. The number of pyridine rings is 1. The minimum absolute atomic E-state index is 0.0540. The van der Waals surface area contributed by atoms with Gasteiger partial charge in [0.25, 0.3) is 11.8 Å². The van der Waals surface area contributed by atoms with Crippen LogP contribution >= 0.6 is 0 Å². The molecule has 0 radical (unpaired) electrons. The van der Waals surface area contributed by atoms with E-state index in [1.54, 1.807) is 0 Å². The summed E-state index contributed by atoms with van der Waals surface area (Å²) in [4.78, 5) is 29.1. The average Bonchev–Trinajstić information content (AvgIpc) is 3.12. The van der Waals surface area contributed by atoms with Gasteiger partial charge in [0.1, 0.15) is 17.9 Å². The first-order valence-electron chi connectivity index (χ1n) is 11.8. The highest BCUT2D eigenvalue weighted by Gasteiger charge is 2.66. The maximum absolute atomic E-state index is 14.9. The van der Waals surface area contributed by atoms with E-state index >= 15 is 0 Å². The summed E-state index contributed by atoms with van der Waals surface area (Å²) in [6.07, 6.45) is -6.60. The van der Waals surface area contributed by atoms with Gasteiger partial charge in [0.05, 0.1) is 6.10 Å². The summed E-state index contributed by atoms with van der Waals surface area (Å²) in [6, 6.07) is 4.37. The first kappa shape index (κ1) is 27.7. The topological polar surface area (TPSA) is 110 Å². The minimum Gasteiger partial charge on any atom is -0.487 e. The van der Waals surface area contributed by atoms with Gasteiger partial charge < -0.3 is 25.2 Å². The van der Waals surface area contributed by atoms with Gasteiger partial charge in [-0.2, -0.15) is 17.6 Å². The fourth-order valence-corrected chi connectivity index (χ4v) is 4.73. The lowest BCUT2D eigenvalue weighted by Crippen LogP contribution is -2.47. The minimum atomic E-state index is -4.92. The Hall–Kier alpha value is -3.32. The normalized spacial score (nSPS) is 28.9. The maximum atomic E-state index is 14.9. The summed E-state index contributed by atoms with van der Waals surface area (Å²) >= 11 is 0. The summed E-state index contributed by atoms with van der Waals surface area (Å²) in [7, 11) is 1.37. The summed E-state index contributed by atoms with van der Waals surface area (Å²) in [5.74, 6) is -7.73. The number of nitrogens with one attached hydrogen (secondary N) is 2. The molecule has 1 aromatic heterocycles. The van der Waals surface area contributed by atoms with E-state index in [-0.39, 0.29) is 29.8 Å². The average molecular weight is 543 g/mol. The number of hydrogen-bond donors (Lipinski definition) is 3. The molecule has 38 heavy (non-hydrogen) atoms. The van der Waals surface area contributed by atoms with Gasteiger partial charge in [0.2, 0.25) is 5.82 Å². The molecule has 1 aliphatic heterocycles. The zero-order valence-electron chi connectivity index (χ0n) is 20.6. The standard InChI is InChI=1S/C25H26F5N3O5/c1-11-18(15-4-5-16(26)19(27)20(15)37-14-9-13(34)10-14)21(38-24(11,2)25(28,29)30)23(36)33-12-6-7-32-17(8-12)22(35)31-3/h4-8,11,13-14,18,21,34H,9-10H2,1-3H3,(H,31,35)(H,32,33,36)/t11-,13-,14+,18-,21+,24+/m0/s1. The van der Waals surface area contributed by atoms with Crippen LogP contribution in [0.2, 0.25) is 0 Å². The molecular formula is C25H26F5N3O5. The van der Waals surface area contributed by atoms with Crippen molar-refractivity contribution in [2.45, 2.75) is 62.7 Å². The Morgan fingerprint density at radius 1 is 1.21 bits per heavy atom. The quantitative estimate of drug-likeness (QED) is 0.480. The van der Waals surface area contributed by atoms with Crippen LogP contribution in [0.1, 0.15) is 48.7 Å². The molecule has 3 N–H and O–H groups in total. The molecule has 2 amide bonds.